The molecule has 0 unspecified atom stereocenters. The molecular weight excluding hydrogens is 240 g/mol. The number of hydrogen-bond acceptors (Lipinski definition) is 4. The maximum Gasteiger partial charge on any atom is 0.170 e. The third kappa shape index (κ3) is 3.68. The monoisotopic (exact) mass is 262 g/mol. The number of nitrogens with zero attached hydrogens (tertiary/aromatic N) is 3. The quantitative estimate of drug-likeness (QED) is 0.368. The molecule has 19 heavy (non-hydrogen) atoms. The molecule has 0 bridgehead atoms. The molecule has 1 heterocycles. The van der Waals surface area contributed by atoms with Crippen LogP contribution in [-0.4, -0.2) is 54.1 Å². The van der Waals surface area contributed by atoms with Crippen LogP contribution < -0.4 is 5.73 Å². The highest BCUT2D eigenvalue weighted by Crippen LogP contribution is 2.13. The van der Waals surface area contributed by atoms with Crippen LogP contribution in [0.3, 0.4) is 0 Å². The SMILES string of the molecule is CN1CCCN(Cc2ccccc2/C(N)=N/O)CC1. The minimum absolute atomic E-state index is 0.183. The van der Waals surface area contributed by atoms with E-state index in [1.54, 1.807) is 0 Å². The molecule has 1 fully saturated rings. The van der Waals surface area contributed by atoms with Gasteiger partial charge in [0.2, 0.25) is 0 Å². The molecule has 1 aromatic carbocycles. The lowest BCUT2D eigenvalue weighted by molar-refractivity contribution is 0.269. The molecule has 5 heteroatoms. The number of likely N-dealkylation sites (N-methyl/N-ethyl adjacent to an activating group) is 1. The van der Waals surface area contributed by atoms with Crippen LogP contribution in [0.2, 0.25) is 0 Å². The summed E-state index contributed by atoms with van der Waals surface area (Å²) in [6.07, 6.45) is 1.18. The highest BCUT2D eigenvalue weighted by Gasteiger charge is 2.14. The van der Waals surface area contributed by atoms with Gasteiger partial charge in [-0.2, -0.15) is 0 Å². The van der Waals surface area contributed by atoms with E-state index in [1.807, 2.05) is 24.3 Å². The average molecular weight is 262 g/mol. The van der Waals surface area contributed by atoms with Crippen LogP contribution in [0, 0.1) is 0 Å². The minimum atomic E-state index is 0.183. The summed E-state index contributed by atoms with van der Waals surface area (Å²) in [5.41, 5.74) is 7.66. The van der Waals surface area contributed by atoms with Crippen molar-refractivity contribution in [2.24, 2.45) is 10.9 Å². The lowest BCUT2D eigenvalue weighted by Gasteiger charge is -2.21. The Morgan fingerprint density at radius 2 is 2.05 bits per heavy atom. The molecule has 0 radical (unpaired) electrons. The van der Waals surface area contributed by atoms with E-state index >= 15 is 0 Å². The molecule has 0 atom stereocenters. The van der Waals surface area contributed by atoms with Gasteiger partial charge in [0.25, 0.3) is 0 Å². The highest BCUT2D eigenvalue weighted by molar-refractivity contribution is 5.98. The Hall–Kier alpha value is -1.59. The first-order valence-electron chi connectivity index (χ1n) is 6.67. The Labute approximate surface area is 114 Å². The maximum atomic E-state index is 8.84. The summed E-state index contributed by atoms with van der Waals surface area (Å²) in [5, 5.41) is 12.0. The van der Waals surface area contributed by atoms with Gasteiger partial charge in [-0.05, 0) is 32.1 Å². The van der Waals surface area contributed by atoms with Crippen molar-refractivity contribution in [1.29, 1.82) is 0 Å². The Kier molecular flexibility index (Phi) is 4.76. The molecule has 0 amide bonds. The molecular formula is C14H22N4O. The van der Waals surface area contributed by atoms with Gasteiger partial charge in [0.05, 0.1) is 0 Å². The van der Waals surface area contributed by atoms with Crippen molar-refractivity contribution in [3.63, 3.8) is 0 Å². The number of hydrogen-bond donors (Lipinski definition) is 2. The van der Waals surface area contributed by atoms with Crippen LogP contribution in [-0.2, 0) is 6.54 Å². The molecule has 1 aliphatic rings. The Balaban J connectivity index is 2.10. The number of benzene rings is 1. The van der Waals surface area contributed by atoms with Gasteiger partial charge in [-0.1, -0.05) is 29.4 Å². The van der Waals surface area contributed by atoms with Crippen LogP contribution in [0.1, 0.15) is 17.5 Å². The second-order valence-corrected chi connectivity index (χ2v) is 5.08. The summed E-state index contributed by atoms with van der Waals surface area (Å²) in [6, 6.07) is 7.84. The molecule has 3 N–H and O–H groups in total. The predicted octanol–water partition coefficient (Wildman–Crippen LogP) is 0.919. The Morgan fingerprint density at radius 1 is 1.26 bits per heavy atom. The zero-order valence-corrected chi connectivity index (χ0v) is 11.4. The van der Waals surface area contributed by atoms with Gasteiger partial charge in [-0.15, -0.1) is 0 Å². The number of oxime groups is 1. The van der Waals surface area contributed by atoms with E-state index in [4.69, 9.17) is 10.9 Å². The van der Waals surface area contributed by atoms with Gasteiger partial charge >= 0.3 is 0 Å². The van der Waals surface area contributed by atoms with Crippen LogP contribution >= 0.6 is 0 Å². The number of nitrogens with two attached hydrogens (primary N) is 1. The maximum absolute atomic E-state index is 8.84. The van der Waals surface area contributed by atoms with Crippen molar-refractivity contribution in [2.75, 3.05) is 33.2 Å². The van der Waals surface area contributed by atoms with Gasteiger partial charge in [0.1, 0.15) is 0 Å². The normalized spacial score (nSPS) is 19.3. The standard InChI is InChI=1S/C14H22N4O/c1-17-7-4-8-18(10-9-17)11-12-5-2-3-6-13(12)14(15)16-19/h2-3,5-6,19H,4,7-11H2,1H3,(H2,15,16). The molecule has 104 valence electrons. The van der Waals surface area contributed by atoms with E-state index in [0.29, 0.717) is 0 Å². The Morgan fingerprint density at radius 3 is 2.84 bits per heavy atom. The second kappa shape index (κ2) is 6.54. The van der Waals surface area contributed by atoms with Gasteiger partial charge in [0.15, 0.2) is 5.84 Å². The van der Waals surface area contributed by atoms with Crippen LogP contribution in [0.15, 0.2) is 29.4 Å². The fourth-order valence-corrected chi connectivity index (χ4v) is 2.46. The first kappa shape index (κ1) is 13.8. The zero-order chi connectivity index (χ0) is 13.7. The summed E-state index contributed by atoms with van der Waals surface area (Å²) < 4.78 is 0. The smallest absolute Gasteiger partial charge is 0.170 e. The molecule has 0 aliphatic carbocycles. The van der Waals surface area contributed by atoms with Gasteiger partial charge in [-0.25, -0.2) is 0 Å². The molecule has 2 rings (SSSR count). The average Bonchev–Trinajstić information content (AvgIpc) is 2.63. The summed E-state index contributed by atoms with van der Waals surface area (Å²) in [5.74, 6) is 0.183. The molecule has 1 saturated heterocycles. The molecule has 1 aliphatic heterocycles. The first-order chi connectivity index (χ1) is 9.20. The van der Waals surface area contributed by atoms with E-state index in [1.165, 1.54) is 6.42 Å². The fourth-order valence-electron chi connectivity index (χ4n) is 2.46. The van der Waals surface area contributed by atoms with E-state index in [9.17, 15) is 0 Å². The summed E-state index contributed by atoms with van der Waals surface area (Å²) in [4.78, 5) is 4.78. The third-order valence-electron chi connectivity index (χ3n) is 3.61. The highest BCUT2D eigenvalue weighted by atomic mass is 16.4. The van der Waals surface area contributed by atoms with E-state index in [2.05, 4.69) is 22.0 Å². The molecule has 0 aromatic heterocycles. The summed E-state index contributed by atoms with van der Waals surface area (Å²) in [6.45, 7) is 5.24. The molecule has 0 saturated carbocycles. The minimum Gasteiger partial charge on any atom is -0.409 e. The van der Waals surface area contributed by atoms with Crippen molar-refractivity contribution in [3.05, 3.63) is 35.4 Å². The van der Waals surface area contributed by atoms with E-state index < -0.39 is 0 Å². The largest absolute Gasteiger partial charge is 0.409 e. The second-order valence-electron chi connectivity index (χ2n) is 5.08. The summed E-state index contributed by atoms with van der Waals surface area (Å²) in [7, 11) is 2.16. The lowest BCUT2D eigenvalue weighted by Crippen LogP contribution is -2.29. The predicted molar refractivity (Wildman–Crippen MR) is 76.3 cm³/mol. The van der Waals surface area contributed by atoms with E-state index in [-0.39, 0.29) is 5.84 Å². The molecule has 0 spiro atoms. The fraction of sp³-hybridized carbons (Fsp3) is 0.500. The molecule has 1 aromatic rings. The van der Waals surface area contributed by atoms with E-state index in [0.717, 1.165) is 43.9 Å². The zero-order valence-electron chi connectivity index (χ0n) is 11.4. The topological polar surface area (TPSA) is 65.1 Å². The Bertz CT molecular complexity index is 447. The number of amidine groups is 1. The van der Waals surface area contributed by atoms with Crippen molar-refractivity contribution in [2.45, 2.75) is 13.0 Å². The van der Waals surface area contributed by atoms with Gasteiger partial charge < -0.3 is 15.8 Å². The van der Waals surface area contributed by atoms with Gasteiger partial charge in [-0.3, -0.25) is 4.90 Å². The van der Waals surface area contributed by atoms with Crippen molar-refractivity contribution < 1.29 is 5.21 Å². The summed E-state index contributed by atoms with van der Waals surface area (Å²) >= 11 is 0. The molecule has 5 nitrogen and oxygen atoms in total. The van der Waals surface area contributed by atoms with Crippen molar-refractivity contribution in [3.8, 4) is 0 Å². The van der Waals surface area contributed by atoms with Crippen molar-refractivity contribution >= 4 is 5.84 Å². The van der Waals surface area contributed by atoms with Gasteiger partial charge in [0, 0.05) is 25.2 Å². The lowest BCUT2D eigenvalue weighted by atomic mass is 10.1. The van der Waals surface area contributed by atoms with Crippen LogP contribution in [0.25, 0.3) is 0 Å². The number of rotatable bonds is 3. The van der Waals surface area contributed by atoms with Crippen LogP contribution in [0.4, 0.5) is 0 Å². The first-order valence-corrected chi connectivity index (χ1v) is 6.67. The third-order valence-corrected chi connectivity index (χ3v) is 3.61. The van der Waals surface area contributed by atoms with Crippen LogP contribution in [0.5, 0.6) is 0 Å². The van der Waals surface area contributed by atoms with Crippen molar-refractivity contribution in [1.82, 2.24) is 9.80 Å².